The summed E-state index contributed by atoms with van der Waals surface area (Å²) in [5.41, 5.74) is 1.38. The molecule has 0 radical (unpaired) electrons. The van der Waals surface area contributed by atoms with Crippen LogP contribution in [0.3, 0.4) is 0 Å². The van der Waals surface area contributed by atoms with E-state index in [1.807, 2.05) is 18.0 Å². The molecule has 2 nitrogen and oxygen atoms in total. The second kappa shape index (κ2) is 8.45. The molecule has 1 aromatic heterocycles. The number of hydrogen-bond donors (Lipinski definition) is 0. The monoisotopic (exact) mass is 306 g/mol. The molecule has 0 fully saturated rings. The van der Waals surface area contributed by atoms with E-state index in [-0.39, 0.29) is 0 Å². The first kappa shape index (κ1) is 15.5. The van der Waals surface area contributed by atoms with E-state index >= 15 is 0 Å². The van der Waals surface area contributed by atoms with E-state index in [2.05, 4.69) is 58.8 Å². The van der Waals surface area contributed by atoms with Crippen LogP contribution in [-0.4, -0.2) is 27.9 Å². The van der Waals surface area contributed by atoms with Gasteiger partial charge in [-0.25, -0.2) is 4.98 Å². The quantitative estimate of drug-likeness (QED) is 0.724. The lowest BCUT2D eigenvalue weighted by Crippen LogP contribution is -2.25. The van der Waals surface area contributed by atoms with Crippen LogP contribution in [0.2, 0.25) is 0 Å². The highest BCUT2D eigenvalue weighted by molar-refractivity contribution is 7.99. The van der Waals surface area contributed by atoms with Crippen molar-refractivity contribution < 1.29 is 0 Å². The smallest absolute Gasteiger partial charge is 0.107 e. The Labute approximate surface area is 130 Å². The summed E-state index contributed by atoms with van der Waals surface area (Å²) in [6.45, 7) is 5.38. The summed E-state index contributed by atoms with van der Waals surface area (Å²) in [4.78, 5) is 6.92. The van der Waals surface area contributed by atoms with E-state index < -0.39 is 0 Å². The Kier molecular flexibility index (Phi) is 6.57. The normalized spacial score (nSPS) is 12.8. The van der Waals surface area contributed by atoms with Gasteiger partial charge in [-0.3, -0.25) is 4.90 Å². The van der Waals surface area contributed by atoms with Gasteiger partial charge >= 0.3 is 0 Å². The predicted molar refractivity (Wildman–Crippen MR) is 90.3 cm³/mol. The minimum absolute atomic E-state index is 0.713. The third-order valence-electron chi connectivity index (χ3n) is 3.35. The molecule has 0 saturated heterocycles. The number of aromatic nitrogens is 1. The van der Waals surface area contributed by atoms with E-state index in [1.54, 1.807) is 11.3 Å². The Morgan fingerprint density at radius 2 is 2.05 bits per heavy atom. The fourth-order valence-electron chi connectivity index (χ4n) is 2.06. The second-order valence-electron chi connectivity index (χ2n) is 4.96. The minimum Gasteiger partial charge on any atom is -0.292 e. The van der Waals surface area contributed by atoms with Gasteiger partial charge in [-0.15, -0.1) is 11.3 Å². The van der Waals surface area contributed by atoms with Gasteiger partial charge < -0.3 is 0 Å². The van der Waals surface area contributed by atoms with E-state index in [0.717, 1.165) is 19.6 Å². The molecule has 1 heterocycles. The maximum absolute atomic E-state index is 4.42. The van der Waals surface area contributed by atoms with Gasteiger partial charge in [-0.05, 0) is 24.8 Å². The van der Waals surface area contributed by atoms with Crippen molar-refractivity contribution in [2.45, 2.75) is 31.7 Å². The van der Waals surface area contributed by atoms with E-state index in [1.165, 1.54) is 17.0 Å². The van der Waals surface area contributed by atoms with Crippen LogP contribution in [0.15, 0.2) is 41.9 Å². The van der Waals surface area contributed by atoms with Crippen molar-refractivity contribution in [2.75, 3.05) is 12.8 Å². The van der Waals surface area contributed by atoms with Gasteiger partial charge in [0.2, 0.25) is 0 Å². The zero-order valence-corrected chi connectivity index (χ0v) is 13.8. The lowest BCUT2D eigenvalue weighted by molar-refractivity contribution is 0.253. The first-order valence-corrected chi connectivity index (χ1v) is 9.12. The van der Waals surface area contributed by atoms with Gasteiger partial charge in [0.15, 0.2) is 0 Å². The molecule has 2 aromatic rings. The van der Waals surface area contributed by atoms with Gasteiger partial charge in [0, 0.05) is 23.4 Å². The highest BCUT2D eigenvalue weighted by atomic mass is 32.2. The Morgan fingerprint density at radius 3 is 2.70 bits per heavy atom. The zero-order chi connectivity index (χ0) is 14.2. The number of thiazole rings is 1. The van der Waals surface area contributed by atoms with Crippen molar-refractivity contribution in [3.05, 3.63) is 52.5 Å². The van der Waals surface area contributed by atoms with Crippen molar-refractivity contribution in [3.63, 3.8) is 0 Å². The fourth-order valence-corrected chi connectivity index (χ4v) is 3.06. The first-order chi connectivity index (χ1) is 9.78. The molecule has 0 spiro atoms. The van der Waals surface area contributed by atoms with Gasteiger partial charge in [-0.2, -0.15) is 11.8 Å². The summed E-state index contributed by atoms with van der Waals surface area (Å²) in [6.07, 6.45) is 5.30. The molecule has 0 aliphatic heterocycles. The summed E-state index contributed by atoms with van der Waals surface area (Å²) < 4.78 is 0. The predicted octanol–water partition coefficient (Wildman–Crippen LogP) is 4.29. The molecule has 1 aromatic carbocycles. The number of rotatable bonds is 8. The number of benzene rings is 1. The molecule has 1 unspecified atom stereocenters. The number of thioether (sulfide) groups is 1. The van der Waals surface area contributed by atoms with Crippen molar-refractivity contribution in [3.8, 4) is 0 Å². The molecule has 0 saturated carbocycles. The Balaban J connectivity index is 1.95. The third kappa shape index (κ3) is 5.27. The van der Waals surface area contributed by atoms with E-state index in [9.17, 15) is 0 Å². The molecule has 0 amide bonds. The van der Waals surface area contributed by atoms with Crippen LogP contribution < -0.4 is 0 Å². The first-order valence-electron chi connectivity index (χ1n) is 6.95. The molecular formula is C16H22N2S2. The number of hydrogen-bond acceptors (Lipinski definition) is 4. The summed E-state index contributed by atoms with van der Waals surface area (Å²) in [7, 11) is 0. The molecule has 0 N–H and O–H groups in total. The maximum atomic E-state index is 4.42. The molecular weight excluding hydrogens is 284 g/mol. The Hall–Kier alpha value is -0.840. The van der Waals surface area contributed by atoms with Crippen LogP contribution in [0.1, 0.15) is 23.9 Å². The van der Waals surface area contributed by atoms with Gasteiger partial charge in [0.1, 0.15) is 5.01 Å². The van der Waals surface area contributed by atoms with Crippen molar-refractivity contribution in [1.29, 1.82) is 0 Å². The molecule has 0 aliphatic rings. The minimum atomic E-state index is 0.713. The molecule has 0 aliphatic carbocycles. The lowest BCUT2D eigenvalue weighted by atomic mass is 10.2. The Bertz CT molecular complexity index is 470. The van der Waals surface area contributed by atoms with E-state index in [0.29, 0.717) is 5.25 Å². The molecule has 2 rings (SSSR count). The summed E-state index contributed by atoms with van der Waals surface area (Å²) >= 11 is 3.69. The summed E-state index contributed by atoms with van der Waals surface area (Å²) in [5.74, 6) is 0. The van der Waals surface area contributed by atoms with Crippen LogP contribution in [-0.2, 0) is 13.1 Å². The molecule has 20 heavy (non-hydrogen) atoms. The third-order valence-corrected chi connectivity index (χ3v) is 5.15. The van der Waals surface area contributed by atoms with Gasteiger partial charge in [0.05, 0.1) is 6.54 Å². The van der Waals surface area contributed by atoms with Crippen molar-refractivity contribution in [2.24, 2.45) is 0 Å². The van der Waals surface area contributed by atoms with Gasteiger partial charge in [-0.1, -0.05) is 37.3 Å². The molecule has 0 bridgehead atoms. The topological polar surface area (TPSA) is 16.1 Å². The lowest BCUT2D eigenvalue weighted by Gasteiger charge is -2.22. The molecule has 108 valence electrons. The maximum Gasteiger partial charge on any atom is 0.107 e. The largest absolute Gasteiger partial charge is 0.292 e. The average Bonchev–Trinajstić information content (AvgIpc) is 2.98. The highest BCUT2D eigenvalue weighted by Gasteiger charge is 2.10. The summed E-state index contributed by atoms with van der Waals surface area (Å²) in [5, 5.41) is 3.97. The van der Waals surface area contributed by atoms with Crippen molar-refractivity contribution >= 4 is 23.1 Å². The SMILES string of the molecule is CSC(C)CCN(Cc1ccccc1)Cc1nccs1. The zero-order valence-electron chi connectivity index (χ0n) is 12.2. The molecule has 1 atom stereocenters. The molecule has 4 heteroatoms. The fraction of sp³-hybridized carbons (Fsp3) is 0.438. The summed E-state index contributed by atoms with van der Waals surface area (Å²) in [6, 6.07) is 10.7. The van der Waals surface area contributed by atoms with Crippen LogP contribution in [0.4, 0.5) is 0 Å². The van der Waals surface area contributed by atoms with Gasteiger partial charge in [0.25, 0.3) is 0 Å². The average molecular weight is 306 g/mol. The van der Waals surface area contributed by atoms with Crippen LogP contribution in [0, 0.1) is 0 Å². The van der Waals surface area contributed by atoms with Crippen molar-refractivity contribution in [1.82, 2.24) is 9.88 Å². The van der Waals surface area contributed by atoms with Crippen LogP contribution in [0.5, 0.6) is 0 Å². The standard InChI is InChI=1S/C16H22N2S2/c1-14(19-2)8-10-18(13-16-17-9-11-20-16)12-15-6-4-3-5-7-15/h3-7,9,11,14H,8,10,12-13H2,1-2H3. The van der Waals surface area contributed by atoms with Crippen LogP contribution in [0.25, 0.3) is 0 Å². The second-order valence-corrected chi connectivity index (χ2v) is 7.21. The number of nitrogens with zero attached hydrogens (tertiary/aromatic N) is 2. The highest BCUT2D eigenvalue weighted by Crippen LogP contribution is 2.15. The Morgan fingerprint density at radius 1 is 1.25 bits per heavy atom. The van der Waals surface area contributed by atoms with E-state index in [4.69, 9.17) is 0 Å². The van der Waals surface area contributed by atoms with Crippen LogP contribution >= 0.6 is 23.1 Å².